The summed E-state index contributed by atoms with van der Waals surface area (Å²) in [6.45, 7) is 2.11. The molecule has 1 saturated heterocycles. The maximum Gasteiger partial charge on any atom is 0.223 e. The van der Waals surface area contributed by atoms with Crippen molar-refractivity contribution in [2.24, 2.45) is 5.92 Å². The molecule has 7 nitrogen and oxygen atoms in total. The third kappa shape index (κ3) is 4.74. The molecule has 1 fully saturated rings. The maximum absolute atomic E-state index is 12.5. The summed E-state index contributed by atoms with van der Waals surface area (Å²) in [5.41, 5.74) is 2.90. The van der Waals surface area contributed by atoms with Crippen LogP contribution in [0.5, 0.6) is 5.75 Å². The lowest BCUT2D eigenvalue weighted by Crippen LogP contribution is -2.40. The standard InChI is InChI=1S/C23H25N5O2/c1-30-20-6-4-18(5-7-20)21-13-22(27-16-26-21)28-11-8-19(9-12-28)23(29)25-15-17-3-2-10-24-14-17/h2-7,10,13-14,16,19H,8-9,11-12,15H2,1H3,(H,25,29). The Morgan fingerprint density at radius 1 is 1.17 bits per heavy atom. The van der Waals surface area contributed by atoms with Crippen LogP contribution in [0.3, 0.4) is 0 Å². The molecule has 7 heteroatoms. The van der Waals surface area contributed by atoms with Crippen molar-refractivity contribution in [2.45, 2.75) is 19.4 Å². The summed E-state index contributed by atoms with van der Waals surface area (Å²) in [6, 6.07) is 13.7. The van der Waals surface area contributed by atoms with Crippen LogP contribution in [0.4, 0.5) is 5.82 Å². The molecule has 1 N–H and O–H groups in total. The Bertz CT molecular complexity index is 970. The van der Waals surface area contributed by atoms with E-state index in [2.05, 4.69) is 25.2 Å². The van der Waals surface area contributed by atoms with Gasteiger partial charge in [0.1, 0.15) is 17.9 Å². The van der Waals surface area contributed by atoms with E-state index in [1.54, 1.807) is 25.8 Å². The van der Waals surface area contributed by atoms with Gasteiger partial charge in [-0.25, -0.2) is 9.97 Å². The zero-order valence-corrected chi connectivity index (χ0v) is 17.0. The molecule has 0 saturated carbocycles. The van der Waals surface area contributed by atoms with Crippen molar-refractivity contribution < 1.29 is 9.53 Å². The van der Waals surface area contributed by atoms with Crippen LogP contribution < -0.4 is 15.0 Å². The first-order valence-corrected chi connectivity index (χ1v) is 10.1. The number of methoxy groups -OCH3 is 1. The second kappa shape index (κ2) is 9.35. The van der Waals surface area contributed by atoms with Crippen molar-refractivity contribution in [2.75, 3.05) is 25.1 Å². The van der Waals surface area contributed by atoms with Gasteiger partial charge in [0.15, 0.2) is 0 Å². The van der Waals surface area contributed by atoms with E-state index in [-0.39, 0.29) is 11.8 Å². The Labute approximate surface area is 176 Å². The van der Waals surface area contributed by atoms with Gasteiger partial charge < -0.3 is 15.0 Å². The van der Waals surface area contributed by atoms with Crippen LogP contribution in [0, 0.1) is 5.92 Å². The van der Waals surface area contributed by atoms with Crippen LogP contribution in [0.25, 0.3) is 11.3 Å². The lowest BCUT2D eigenvalue weighted by molar-refractivity contribution is -0.125. The third-order valence-electron chi connectivity index (χ3n) is 5.42. The van der Waals surface area contributed by atoms with Gasteiger partial charge in [0.25, 0.3) is 0 Å². The predicted octanol–water partition coefficient (Wildman–Crippen LogP) is 3.08. The third-order valence-corrected chi connectivity index (χ3v) is 5.42. The molecule has 1 aliphatic heterocycles. The summed E-state index contributed by atoms with van der Waals surface area (Å²) in [7, 11) is 1.65. The Balaban J connectivity index is 1.34. The van der Waals surface area contributed by atoms with Gasteiger partial charge in [-0.15, -0.1) is 0 Å². The molecule has 0 atom stereocenters. The van der Waals surface area contributed by atoms with Gasteiger partial charge in [-0.3, -0.25) is 9.78 Å². The monoisotopic (exact) mass is 403 g/mol. The quantitative estimate of drug-likeness (QED) is 0.681. The largest absolute Gasteiger partial charge is 0.497 e. The summed E-state index contributed by atoms with van der Waals surface area (Å²) >= 11 is 0. The first kappa shape index (κ1) is 19.8. The summed E-state index contributed by atoms with van der Waals surface area (Å²) in [5, 5.41) is 3.03. The molecular formula is C23H25N5O2. The summed E-state index contributed by atoms with van der Waals surface area (Å²) in [5.74, 6) is 1.85. The van der Waals surface area contributed by atoms with Crippen LogP contribution in [-0.4, -0.2) is 41.1 Å². The second-order valence-corrected chi connectivity index (χ2v) is 7.33. The number of anilines is 1. The van der Waals surface area contributed by atoms with Gasteiger partial charge in [-0.2, -0.15) is 0 Å². The smallest absolute Gasteiger partial charge is 0.223 e. The number of nitrogens with one attached hydrogen (secondary N) is 1. The number of nitrogens with zero attached hydrogens (tertiary/aromatic N) is 4. The SMILES string of the molecule is COc1ccc(-c2cc(N3CCC(C(=O)NCc4cccnc4)CC3)ncn2)cc1. The van der Waals surface area contributed by atoms with Crippen molar-refractivity contribution in [1.29, 1.82) is 0 Å². The zero-order chi connectivity index (χ0) is 20.8. The fraction of sp³-hybridized carbons (Fsp3) is 0.304. The van der Waals surface area contributed by atoms with Crippen LogP contribution in [0.15, 0.2) is 61.2 Å². The van der Waals surface area contributed by atoms with E-state index >= 15 is 0 Å². The number of ether oxygens (including phenoxy) is 1. The van der Waals surface area contributed by atoms with E-state index in [9.17, 15) is 4.79 Å². The van der Waals surface area contributed by atoms with E-state index < -0.39 is 0 Å². The highest BCUT2D eigenvalue weighted by Crippen LogP contribution is 2.26. The van der Waals surface area contributed by atoms with Gasteiger partial charge in [-0.05, 0) is 48.7 Å². The number of amides is 1. The average Bonchev–Trinajstić information content (AvgIpc) is 2.83. The molecule has 30 heavy (non-hydrogen) atoms. The van der Waals surface area contributed by atoms with E-state index in [0.717, 1.165) is 54.3 Å². The highest BCUT2D eigenvalue weighted by Gasteiger charge is 2.25. The van der Waals surface area contributed by atoms with Crippen molar-refractivity contribution >= 4 is 11.7 Å². The average molecular weight is 403 g/mol. The lowest BCUT2D eigenvalue weighted by Gasteiger charge is -2.32. The minimum absolute atomic E-state index is 0.0285. The minimum atomic E-state index is 0.0285. The van der Waals surface area contributed by atoms with Crippen molar-refractivity contribution in [3.63, 3.8) is 0 Å². The molecule has 4 rings (SSSR count). The van der Waals surface area contributed by atoms with Gasteiger partial charge in [0, 0.05) is 49.6 Å². The normalized spacial score (nSPS) is 14.4. The molecule has 1 aromatic carbocycles. The van der Waals surface area contributed by atoms with Crippen molar-refractivity contribution in [3.8, 4) is 17.0 Å². The number of carbonyl (C=O) groups excluding carboxylic acids is 1. The maximum atomic E-state index is 12.5. The van der Waals surface area contributed by atoms with E-state index in [4.69, 9.17) is 4.74 Å². The van der Waals surface area contributed by atoms with Gasteiger partial charge >= 0.3 is 0 Å². The fourth-order valence-electron chi connectivity index (χ4n) is 3.65. The van der Waals surface area contributed by atoms with Crippen LogP contribution >= 0.6 is 0 Å². The predicted molar refractivity (Wildman–Crippen MR) is 115 cm³/mol. The van der Waals surface area contributed by atoms with E-state index in [1.807, 2.05) is 42.5 Å². The van der Waals surface area contributed by atoms with Crippen molar-refractivity contribution in [1.82, 2.24) is 20.3 Å². The van der Waals surface area contributed by atoms with Gasteiger partial charge in [0.05, 0.1) is 12.8 Å². The molecule has 0 aliphatic carbocycles. The van der Waals surface area contributed by atoms with Crippen LogP contribution in [0.1, 0.15) is 18.4 Å². The number of piperidine rings is 1. The Morgan fingerprint density at radius 3 is 2.67 bits per heavy atom. The number of pyridine rings is 1. The Hall–Kier alpha value is -3.48. The molecule has 0 radical (unpaired) electrons. The lowest BCUT2D eigenvalue weighted by atomic mass is 9.95. The molecule has 0 unspecified atom stereocenters. The highest BCUT2D eigenvalue weighted by molar-refractivity contribution is 5.79. The second-order valence-electron chi connectivity index (χ2n) is 7.33. The first-order valence-electron chi connectivity index (χ1n) is 10.1. The topological polar surface area (TPSA) is 80.2 Å². The molecule has 0 spiro atoms. The highest BCUT2D eigenvalue weighted by atomic mass is 16.5. The Morgan fingerprint density at radius 2 is 1.97 bits per heavy atom. The minimum Gasteiger partial charge on any atom is -0.497 e. The molecular weight excluding hydrogens is 378 g/mol. The number of carbonyl (C=O) groups is 1. The molecule has 0 bridgehead atoms. The molecule has 2 aromatic heterocycles. The number of hydrogen-bond acceptors (Lipinski definition) is 6. The van der Waals surface area contributed by atoms with E-state index in [1.165, 1.54) is 0 Å². The van der Waals surface area contributed by atoms with Crippen molar-refractivity contribution in [3.05, 3.63) is 66.7 Å². The summed E-state index contributed by atoms with van der Waals surface area (Å²) < 4.78 is 5.22. The number of benzene rings is 1. The van der Waals surface area contributed by atoms with E-state index in [0.29, 0.717) is 6.54 Å². The number of hydrogen-bond donors (Lipinski definition) is 1. The summed E-state index contributed by atoms with van der Waals surface area (Å²) in [6.07, 6.45) is 6.72. The molecule has 154 valence electrons. The van der Waals surface area contributed by atoms with Crippen LogP contribution in [0.2, 0.25) is 0 Å². The first-order chi connectivity index (χ1) is 14.7. The number of rotatable bonds is 6. The van der Waals surface area contributed by atoms with Crippen LogP contribution in [-0.2, 0) is 11.3 Å². The molecule has 1 amide bonds. The molecule has 1 aliphatic rings. The van der Waals surface area contributed by atoms with Gasteiger partial charge in [-0.1, -0.05) is 6.07 Å². The molecule has 3 heterocycles. The number of aromatic nitrogens is 3. The zero-order valence-electron chi connectivity index (χ0n) is 17.0. The van der Waals surface area contributed by atoms with Gasteiger partial charge in [0.2, 0.25) is 5.91 Å². The fourth-order valence-corrected chi connectivity index (χ4v) is 3.65. The summed E-state index contributed by atoms with van der Waals surface area (Å²) in [4.78, 5) is 27.7. The Kier molecular flexibility index (Phi) is 6.17. The molecule has 3 aromatic rings.